The second kappa shape index (κ2) is 51.7. The van der Waals surface area contributed by atoms with Crippen LogP contribution in [0.5, 0.6) is 0 Å². The molecule has 0 radical (unpaired) electrons. The van der Waals surface area contributed by atoms with E-state index in [0.717, 1.165) is 57.5 Å². The summed E-state index contributed by atoms with van der Waals surface area (Å²) in [4.78, 5) is 35.8. The molecule has 13 nitrogen and oxygen atoms in total. The number of unbranched alkanes of at least 4 members (excludes halogenated alkanes) is 9. The van der Waals surface area contributed by atoms with E-state index in [2.05, 4.69) is 352 Å². The molecule has 4 atom stereocenters. The Morgan fingerprint density at radius 1 is 0.452 bits per heavy atom. The maximum absolute atomic E-state index is 11.9. The van der Waals surface area contributed by atoms with Crippen LogP contribution in [0.4, 0.5) is 0 Å². The van der Waals surface area contributed by atoms with Gasteiger partial charge in [-0.2, -0.15) is 0 Å². The molecule has 8 aliphatic heterocycles. The molecular weight excluding hydrogens is 1540 g/mol. The van der Waals surface area contributed by atoms with Crippen molar-refractivity contribution in [3.05, 3.63) is 35.4 Å². The van der Waals surface area contributed by atoms with Gasteiger partial charge in [0.25, 0.3) is 0 Å². The molecule has 1 aromatic rings. The highest BCUT2D eigenvalue weighted by Crippen LogP contribution is 2.45. The standard InChI is InChI=1S/C22H37N.C21H40N2.C18H37N3O.2C18H36N2.C16H34N2/c1-21(2,3)16-8-7-10-18-12-14-19(15-13-18)20-11-9-17-23(20)22(4,5)6;1-20(2,3)15-12-10-8-9-11-13-16-23-17-14-19(18-23)22(7)21(4,5)6;1-17(2,3)10-8-7-9-16(22)20-13-15-14-21(12-11-19-15)18(4,5)6;1-16(2,3)10-7-8-12-19-14-18(15-19)11-9-13-20(18)17(4,5)6;1-16(2,3)9-7-8-11-19-13-18(14-19)10-12-20(15-18)17(4,5)6;1-15(2,3)10-7-8-11-17-14-9-12-18(13-14)16(4,5)6/h12-15,20H,7-11,16-17H2,1-6H3;19H,8-11,13-14,16-18H2,1-7H3;15,19H,7-14H2,1-6H3,(H,20,22);2*7-15H2,1-6H3;14,17H,7-13H2,1-6H3. The van der Waals surface area contributed by atoms with Crippen molar-refractivity contribution in [2.45, 2.75) is 498 Å². The Morgan fingerprint density at radius 3 is 1.45 bits per heavy atom. The van der Waals surface area contributed by atoms with E-state index in [1.807, 2.05) is 0 Å². The van der Waals surface area contributed by atoms with Crippen molar-refractivity contribution in [1.29, 1.82) is 0 Å². The molecule has 2 spiro atoms. The van der Waals surface area contributed by atoms with E-state index in [1.165, 1.54) is 276 Å². The Balaban J connectivity index is 0.000000318. The third-order valence-electron chi connectivity index (χ3n) is 28.5. The number of nitrogens with one attached hydrogen (secondary N) is 3. The van der Waals surface area contributed by atoms with Gasteiger partial charge in [-0.05, 0) is 371 Å². The van der Waals surface area contributed by atoms with E-state index in [0.29, 0.717) is 73.2 Å². The zero-order valence-corrected chi connectivity index (χ0v) is 91.7. The number of nitrogens with zero attached hydrogens (tertiary/aromatic N) is 9. The van der Waals surface area contributed by atoms with Crippen LogP contribution in [0.2, 0.25) is 0 Å². The van der Waals surface area contributed by atoms with Crippen LogP contribution in [0, 0.1) is 49.7 Å². The van der Waals surface area contributed by atoms with Crippen LogP contribution in [-0.2, 0) is 11.2 Å². The van der Waals surface area contributed by atoms with Gasteiger partial charge in [0.05, 0.1) is 0 Å². The lowest BCUT2D eigenvalue weighted by Crippen LogP contribution is -2.70. The molecule has 8 aliphatic rings. The molecule has 0 aromatic heterocycles. The van der Waals surface area contributed by atoms with Gasteiger partial charge in [-0.15, -0.1) is 5.92 Å². The molecule has 1 amide bonds. The van der Waals surface area contributed by atoms with Crippen molar-refractivity contribution in [2.24, 2.45) is 37.9 Å². The lowest BCUT2D eigenvalue weighted by atomic mass is 9.78. The van der Waals surface area contributed by atoms with Crippen molar-refractivity contribution >= 4 is 5.91 Å². The van der Waals surface area contributed by atoms with Gasteiger partial charge < -0.3 is 25.8 Å². The smallest absolute Gasteiger partial charge is 0.220 e. The highest BCUT2D eigenvalue weighted by Gasteiger charge is 2.53. The maximum Gasteiger partial charge on any atom is 0.220 e. The summed E-state index contributed by atoms with van der Waals surface area (Å²) in [6.45, 7) is 108. The number of likely N-dealkylation sites (tertiary alicyclic amines) is 7. The van der Waals surface area contributed by atoms with Crippen LogP contribution in [0.1, 0.15) is 446 Å². The lowest BCUT2D eigenvalue weighted by Gasteiger charge is -2.57. The largest absolute Gasteiger partial charge is 0.354 e. The van der Waals surface area contributed by atoms with Crippen molar-refractivity contribution < 1.29 is 4.79 Å². The Labute approximate surface area is 787 Å². The molecule has 9 rings (SSSR count). The molecular formula is C113H220N12O. The zero-order valence-electron chi connectivity index (χ0n) is 91.7. The first-order valence-corrected chi connectivity index (χ1v) is 52.8. The first-order chi connectivity index (χ1) is 57.7. The first-order valence-electron chi connectivity index (χ1n) is 52.8. The van der Waals surface area contributed by atoms with Crippen molar-refractivity contribution in [2.75, 3.05) is 138 Å². The molecule has 738 valence electrons. The first kappa shape index (κ1) is 116. The van der Waals surface area contributed by atoms with Gasteiger partial charge in [-0.3, -0.25) is 39.1 Å². The lowest BCUT2D eigenvalue weighted by molar-refractivity contribution is -0.121. The number of amides is 1. The summed E-state index contributed by atoms with van der Waals surface area (Å²) in [5, 5.41) is 10.3. The third-order valence-corrected chi connectivity index (χ3v) is 28.5. The number of rotatable bonds is 31. The molecule has 8 saturated heterocycles. The minimum atomic E-state index is 0.159. The van der Waals surface area contributed by atoms with Crippen LogP contribution in [0.3, 0.4) is 0 Å². The predicted molar refractivity (Wildman–Crippen MR) is 556 cm³/mol. The van der Waals surface area contributed by atoms with Crippen molar-refractivity contribution in [3.8, 4) is 11.8 Å². The van der Waals surface area contributed by atoms with E-state index in [1.54, 1.807) is 0 Å². The molecule has 4 unspecified atom stereocenters. The summed E-state index contributed by atoms with van der Waals surface area (Å²) in [5.41, 5.74) is 8.51. The van der Waals surface area contributed by atoms with Gasteiger partial charge in [0.2, 0.25) is 5.91 Å². The summed E-state index contributed by atoms with van der Waals surface area (Å²) in [6.07, 6.45) is 37.3. The van der Waals surface area contributed by atoms with Gasteiger partial charge in [0, 0.05) is 165 Å². The molecule has 3 N–H and O–H groups in total. The average Bonchev–Trinajstić information content (AvgIpc) is 1.55. The topological polar surface area (TPSA) is 82.3 Å². The minimum absolute atomic E-state index is 0.159. The van der Waals surface area contributed by atoms with Gasteiger partial charge in [-0.25, -0.2) is 0 Å². The summed E-state index contributed by atoms with van der Waals surface area (Å²) < 4.78 is 0. The number of hydrogen-bond acceptors (Lipinski definition) is 12. The van der Waals surface area contributed by atoms with E-state index in [9.17, 15) is 4.79 Å². The molecule has 126 heavy (non-hydrogen) atoms. The number of hydrogen-bond donors (Lipinski definition) is 3. The summed E-state index contributed by atoms with van der Waals surface area (Å²) in [5.74, 6) is 6.84. The fraction of sp³-hybridized carbons (Fsp3) is 0.920. The molecule has 0 saturated carbocycles. The second-order valence-electron chi connectivity index (χ2n) is 54.6. The maximum atomic E-state index is 11.9. The Hall–Kier alpha value is -2.19. The molecule has 0 bridgehead atoms. The number of carbonyl (C=O) groups is 1. The summed E-state index contributed by atoms with van der Waals surface area (Å²) >= 11 is 0. The van der Waals surface area contributed by atoms with E-state index in [4.69, 9.17) is 0 Å². The van der Waals surface area contributed by atoms with E-state index >= 15 is 0 Å². The van der Waals surface area contributed by atoms with Gasteiger partial charge in [0.15, 0.2) is 0 Å². The fourth-order valence-electron chi connectivity index (χ4n) is 20.4. The minimum Gasteiger partial charge on any atom is -0.354 e. The Morgan fingerprint density at radius 2 is 0.952 bits per heavy atom. The molecule has 8 heterocycles. The molecule has 8 fully saturated rings. The van der Waals surface area contributed by atoms with Crippen molar-refractivity contribution in [3.63, 3.8) is 0 Å². The van der Waals surface area contributed by atoms with Crippen LogP contribution in [0.25, 0.3) is 0 Å². The van der Waals surface area contributed by atoms with Crippen LogP contribution in [-0.4, -0.2) is 245 Å². The second-order valence-corrected chi connectivity index (χ2v) is 54.6. The Kier molecular flexibility index (Phi) is 47.6. The van der Waals surface area contributed by atoms with E-state index < -0.39 is 0 Å². The van der Waals surface area contributed by atoms with Gasteiger partial charge in [-0.1, -0.05) is 179 Å². The third kappa shape index (κ3) is 48.3. The SMILES string of the molecule is CC(C)(C)CCCCC(=O)NCC1CN(C(C)(C)C)CCN1.CC(C)(C)CCCCN1CC2(CCCN2C(C)(C)C)C1.CC(C)(C)CCCCN1CC2(CCN(C(C)(C)C)C2)C1.CC(C)(C)CCCCNC1CCN(C(C)(C)C)C1.CC(C)(C)CCCCc1ccc(C2CCCN2C(C)(C)C)cc1.CN(C1CCN(CCCCCCC#CC(C)(C)C)C1)C(C)(C)C. The molecule has 1 aromatic carbocycles. The van der Waals surface area contributed by atoms with Crippen LogP contribution < -0.4 is 16.0 Å². The summed E-state index contributed by atoms with van der Waals surface area (Å²) in [6, 6.07) is 11.9. The Bertz CT molecular complexity index is 3160. The number of benzene rings is 1. The van der Waals surface area contributed by atoms with E-state index in [-0.39, 0.29) is 27.9 Å². The number of carbonyl (C=O) groups excluding carboxylic acids is 1. The van der Waals surface area contributed by atoms with Crippen LogP contribution >= 0.6 is 0 Å². The molecule has 13 heteroatoms. The van der Waals surface area contributed by atoms with Crippen molar-refractivity contribution in [1.82, 2.24) is 60.0 Å². The highest BCUT2D eigenvalue weighted by molar-refractivity contribution is 5.75. The average molecular weight is 1760 g/mol. The summed E-state index contributed by atoms with van der Waals surface area (Å²) in [7, 11) is 2.28. The quantitative estimate of drug-likeness (QED) is 0.0489. The monoisotopic (exact) mass is 1760 g/mol. The fourth-order valence-corrected chi connectivity index (χ4v) is 20.4. The number of piperazine rings is 1. The highest BCUT2D eigenvalue weighted by atomic mass is 16.1. The zero-order chi connectivity index (χ0) is 95.2. The molecule has 0 aliphatic carbocycles. The number of likely N-dealkylation sites (N-methyl/N-ethyl adjacent to an activating group) is 1. The normalized spacial score (nSPS) is 21.9. The van der Waals surface area contributed by atoms with Crippen LogP contribution in [0.15, 0.2) is 24.3 Å². The number of aryl methyl sites for hydroxylation is 1. The van der Waals surface area contributed by atoms with Gasteiger partial charge >= 0.3 is 0 Å². The predicted octanol–water partition coefficient (Wildman–Crippen LogP) is 25.8. The van der Waals surface area contributed by atoms with Gasteiger partial charge in [0.1, 0.15) is 0 Å².